The summed E-state index contributed by atoms with van der Waals surface area (Å²) in [7, 11) is 1.86. The number of thiophene rings is 1. The second-order valence-corrected chi connectivity index (χ2v) is 4.67. The number of carbonyl (C=O) groups excluding carboxylic acids is 1. The minimum Gasteiger partial charge on any atom is -0.381 e. The number of rotatable bonds is 3. The number of nitrogens with zero attached hydrogens (tertiary/aromatic N) is 1. The van der Waals surface area contributed by atoms with Crippen LogP contribution in [0.3, 0.4) is 0 Å². The van der Waals surface area contributed by atoms with Crippen LogP contribution in [0.15, 0.2) is 16.8 Å². The van der Waals surface area contributed by atoms with E-state index >= 15 is 0 Å². The molecule has 1 aromatic heterocycles. The van der Waals surface area contributed by atoms with Crippen LogP contribution in [0, 0.1) is 5.92 Å². The predicted molar refractivity (Wildman–Crippen MR) is 59.7 cm³/mol. The zero-order chi connectivity index (χ0) is 10.7. The molecule has 0 radical (unpaired) electrons. The van der Waals surface area contributed by atoms with Gasteiger partial charge in [0.25, 0.3) is 0 Å². The first-order valence-electron chi connectivity index (χ1n) is 5.11. The van der Waals surface area contributed by atoms with E-state index in [0.717, 1.165) is 13.0 Å². The Morgan fingerprint density at radius 1 is 1.73 bits per heavy atom. The number of hydrogen-bond donors (Lipinski definition) is 0. The molecule has 1 amide bonds. The smallest absolute Gasteiger partial charge is 0.228 e. The molecule has 1 unspecified atom stereocenters. The van der Waals surface area contributed by atoms with Crippen molar-refractivity contribution in [3.05, 3.63) is 22.4 Å². The lowest BCUT2D eigenvalue weighted by Crippen LogP contribution is -2.32. The molecule has 1 fully saturated rings. The number of ether oxygens (including phenoxy) is 1. The summed E-state index contributed by atoms with van der Waals surface area (Å²) >= 11 is 1.66. The van der Waals surface area contributed by atoms with E-state index in [1.807, 2.05) is 12.4 Å². The molecule has 1 aliphatic rings. The maximum atomic E-state index is 11.9. The first-order valence-corrected chi connectivity index (χ1v) is 6.05. The minimum absolute atomic E-state index is 0.0774. The molecule has 1 aliphatic heterocycles. The third kappa shape index (κ3) is 2.58. The summed E-state index contributed by atoms with van der Waals surface area (Å²) < 4.78 is 5.22. The molecule has 1 aromatic rings. The van der Waals surface area contributed by atoms with Crippen LogP contribution in [0.4, 0.5) is 0 Å². The second kappa shape index (κ2) is 4.77. The molecule has 82 valence electrons. The van der Waals surface area contributed by atoms with Crippen molar-refractivity contribution in [2.24, 2.45) is 5.92 Å². The SMILES string of the molecule is CN(Cc1ccsc1)C(=O)C1CCOC1. The van der Waals surface area contributed by atoms with Gasteiger partial charge in [-0.15, -0.1) is 0 Å². The van der Waals surface area contributed by atoms with E-state index in [9.17, 15) is 4.79 Å². The quantitative estimate of drug-likeness (QED) is 0.784. The Bertz CT molecular complexity index is 317. The van der Waals surface area contributed by atoms with Crippen LogP contribution in [-0.2, 0) is 16.1 Å². The fourth-order valence-corrected chi connectivity index (χ4v) is 2.44. The van der Waals surface area contributed by atoms with Crippen molar-refractivity contribution in [1.29, 1.82) is 0 Å². The van der Waals surface area contributed by atoms with E-state index in [-0.39, 0.29) is 11.8 Å². The van der Waals surface area contributed by atoms with Gasteiger partial charge in [0.05, 0.1) is 12.5 Å². The van der Waals surface area contributed by atoms with Crippen molar-refractivity contribution in [2.75, 3.05) is 20.3 Å². The van der Waals surface area contributed by atoms with Crippen molar-refractivity contribution >= 4 is 17.2 Å². The molecule has 0 saturated carbocycles. The Morgan fingerprint density at radius 3 is 3.20 bits per heavy atom. The van der Waals surface area contributed by atoms with E-state index in [4.69, 9.17) is 4.74 Å². The largest absolute Gasteiger partial charge is 0.381 e. The van der Waals surface area contributed by atoms with Crippen LogP contribution >= 0.6 is 11.3 Å². The molecule has 4 heteroatoms. The highest BCUT2D eigenvalue weighted by atomic mass is 32.1. The summed E-state index contributed by atoms with van der Waals surface area (Å²) in [6.07, 6.45) is 0.868. The summed E-state index contributed by atoms with van der Waals surface area (Å²) in [5, 5.41) is 4.11. The Hall–Kier alpha value is -0.870. The van der Waals surface area contributed by atoms with Crippen LogP contribution in [0.2, 0.25) is 0 Å². The zero-order valence-electron chi connectivity index (χ0n) is 8.81. The lowest BCUT2D eigenvalue weighted by Gasteiger charge is -2.19. The Balaban J connectivity index is 1.89. The third-order valence-corrected chi connectivity index (χ3v) is 3.39. The third-order valence-electron chi connectivity index (χ3n) is 2.65. The fraction of sp³-hybridized carbons (Fsp3) is 0.545. The van der Waals surface area contributed by atoms with Gasteiger partial charge in [0.2, 0.25) is 5.91 Å². The van der Waals surface area contributed by atoms with Gasteiger partial charge in [-0.25, -0.2) is 0 Å². The first kappa shape index (κ1) is 10.6. The summed E-state index contributed by atoms with van der Waals surface area (Å²) in [6, 6.07) is 2.06. The monoisotopic (exact) mass is 225 g/mol. The molecular formula is C11H15NO2S. The van der Waals surface area contributed by atoms with Crippen molar-refractivity contribution < 1.29 is 9.53 Å². The van der Waals surface area contributed by atoms with Gasteiger partial charge in [-0.05, 0) is 28.8 Å². The van der Waals surface area contributed by atoms with E-state index in [2.05, 4.69) is 11.4 Å². The van der Waals surface area contributed by atoms with E-state index in [1.54, 1.807) is 16.2 Å². The van der Waals surface area contributed by atoms with Crippen molar-refractivity contribution in [2.45, 2.75) is 13.0 Å². The molecule has 0 spiro atoms. The molecule has 0 aliphatic carbocycles. The van der Waals surface area contributed by atoms with E-state index in [0.29, 0.717) is 13.2 Å². The molecule has 1 saturated heterocycles. The number of hydrogen-bond acceptors (Lipinski definition) is 3. The number of carbonyl (C=O) groups is 1. The van der Waals surface area contributed by atoms with Gasteiger partial charge in [0, 0.05) is 20.2 Å². The molecule has 2 rings (SSSR count). The molecular weight excluding hydrogens is 210 g/mol. The van der Waals surface area contributed by atoms with Crippen LogP contribution in [-0.4, -0.2) is 31.1 Å². The lowest BCUT2D eigenvalue weighted by atomic mass is 10.1. The summed E-state index contributed by atoms with van der Waals surface area (Å²) in [5.41, 5.74) is 1.20. The Morgan fingerprint density at radius 2 is 2.60 bits per heavy atom. The molecule has 1 atom stereocenters. The van der Waals surface area contributed by atoms with Crippen molar-refractivity contribution in [1.82, 2.24) is 4.90 Å². The normalized spacial score (nSPS) is 20.5. The van der Waals surface area contributed by atoms with Crippen LogP contribution in [0.25, 0.3) is 0 Å². The van der Waals surface area contributed by atoms with Gasteiger partial charge in [-0.3, -0.25) is 4.79 Å². The van der Waals surface area contributed by atoms with E-state index < -0.39 is 0 Å². The van der Waals surface area contributed by atoms with Crippen LogP contribution < -0.4 is 0 Å². The molecule has 3 nitrogen and oxygen atoms in total. The first-order chi connectivity index (χ1) is 7.27. The summed E-state index contributed by atoms with van der Waals surface area (Å²) in [6.45, 7) is 2.02. The standard InChI is InChI=1S/C11H15NO2S/c1-12(6-9-3-5-15-8-9)11(13)10-2-4-14-7-10/h3,5,8,10H,2,4,6-7H2,1H3. The van der Waals surface area contributed by atoms with Gasteiger partial charge in [0.1, 0.15) is 0 Å². The molecule has 15 heavy (non-hydrogen) atoms. The predicted octanol–water partition coefficient (Wildman–Crippen LogP) is 1.74. The summed E-state index contributed by atoms with van der Waals surface area (Å²) in [5.74, 6) is 0.285. The van der Waals surface area contributed by atoms with Gasteiger partial charge in [-0.1, -0.05) is 0 Å². The van der Waals surface area contributed by atoms with Gasteiger partial charge in [-0.2, -0.15) is 11.3 Å². The highest BCUT2D eigenvalue weighted by Gasteiger charge is 2.26. The van der Waals surface area contributed by atoms with Crippen LogP contribution in [0.5, 0.6) is 0 Å². The lowest BCUT2D eigenvalue weighted by molar-refractivity contribution is -0.134. The molecule has 2 heterocycles. The molecule has 0 bridgehead atoms. The average Bonchev–Trinajstić information content (AvgIpc) is 2.88. The molecule has 0 aromatic carbocycles. The topological polar surface area (TPSA) is 29.5 Å². The van der Waals surface area contributed by atoms with Gasteiger partial charge in [0.15, 0.2) is 0 Å². The highest BCUT2D eigenvalue weighted by Crippen LogP contribution is 2.16. The van der Waals surface area contributed by atoms with Crippen molar-refractivity contribution in [3.63, 3.8) is 0 Å². The second-order valence-electron chi connectivity index (χ2n) is 3.89. The fourth-order valence-electron chi connectivity index (χ4n) is 1.78. The van der Waals surface area contributed by atoms with Crippen molar-refractivity contribution in [3.8, 4) is 0 Å². The highest BCUT2D eigenvalue weighted by molar-refractivity contribution is 7.07. The summed E-state index contributed by atoms with van der Waals surface area (Å²) in [4.78, 5) is 13.7. The van der Waals surface area contributed by atoms with E-state index in [1.165, 1.54) is 5.56 Å². The average molecular weight is 225 g/mol. The zero-order valence-corrected chi connectivity index (χ0v) is 9.63. The Labute approximate surface area is 93.7 Å². The van der Waals surface area contributed by atoms with Crippen LogP contribution in [0.1, 0.15) is 12.0 Å². The van der Waals surface area contributed by atoms with Gasteiger partial charge >= 0.3 is 0 Å². The maximum Gasteiger partial charge on any atom is 0.228 e. The van der Waals surface area contributed by atoms with Gasteiger partial charge < -0.3 is 9.64 Å². The maximum absolute atomic E-state index is 11.9. The number of amides is 1. The molecule has 0 N–H and O–H groups in total. The Kier molecular flexibility index (Phi) is 3.38. The minimum atomic E-state index is 0.0774.